The number of nitrogens with one attached hydrogen (secondary N) is 3. The summed E-state index contributed by atoms with van der Waals surface area (Å²) in [5, 5.41) is 8.30. The SMILES string of the molecule is CC.CC(C)(C)C(C=O)NC(=O)NC1(C(=O)OCc2ccccc2)Cc2ccccc2C1.CC[C@@H]1CC(C(=O)NC(CC2CCC2)C(=O)C(N)=O)N(C)C1. The van der Waals surface area contributed by atoms with Crippen molar-refractivity contribution in [2.45, 2.75) is 123 Å². The van der Waals surface area contributed by atoms with Crippen molar-refractivity contribution in [3.8, 4) is 0 Å². The van der Waals surface area contributed by atoms with E-state index in [1.54, 1.807) is 0 Å². The van der Waals surface area contributed by atoms with Gasteiger partial charge < -0.3 is 31.2 Å². The molecule has 54 heavy (non-hydrogen) atoms. The lowest BCUT2D eigenvalue weighted by Crippen LogP contribution is -2.61. The molecule has 12 heteroatoms. The van der Waals surface area contributed by atoms with Gasteiger partial charge >= 0.3 is 12.0 Å². The molecule has 1 saturated carbocycles. The summed E-state index contributed by atoms with van der Waals surface area (Å²) in [6.45, 7) is 12.7. The van der Waals surface area contributed by atoms with Crippen molar-refractivity contribution in [1.82, 2.24) is 20.9 Å². The van der Waals surface area contributed by atoms with E-state index in [1.807, 2.05) is 101 Å². The lowest BCUT2D eigenvalue weighted by Gasteiger charge is -2.31. The number of ether oxygens (including phenoxy) is 1. The number of nitrogens with zero attached hydrogens (tertiary/aromatic N) is 1. The van der Waals surface area contributed by atoms with Gasteiger partial charge in [0, 0.05) is 19.4 Å². The highest BCUT2D eigenvalue weighted by molar-refractivity contribution is 6.37. The summed E-state index contributed by atoms with van der Waals surface area (Å²) < 4.78 is 5.60. The molecular formula is C42H61N5O7. The number of carbonyl (C=O) groups excluding carboxylic acids is 6. The van der Waals surface area contributed by atoms with Gasteiger partial charge in [-0.2, -0.15) is 0 Å². The molecule has 12 nitrogen and oxygen atoms in total. The summed E-state index contributed by atoms with van der Waals surface area (Å²) in [5.74, 6) is -1.35. The van der Waals surface area contributed by atoms with Crippen molar-refractivity contribution in [2.75, 3.05) is 13.6 Å². The minimum atomic E-state index is -1.21. The molecule has 5 N–H and O–H groups in total. The van der Waals surface area contributed by atoms with E-state index in [4.69, 9.17) is 10.5 Å². The Morgan fingerprint density at radius 1 is 0.944 bits per heavy atom. The number of hydrogen-bond donors (Lipinski definition) is 4. The molecule has 2 aromatic carbocycles. The summed E-state index contributed by atoms with van der Waals surface area (Å²) in [6, 6.07) is 14.9. The number of rotatable bonds is 13. The van der Waals surface area contributed by atoms with E-state index in [0.29, 0.717) is 37.4 Å². The van der Waals surface area contributed by atoms with Crippen molar-refractivity contribution in [2.24, 2.45) is 23.0 Å². The maximum Gasteiger partial charge on any atom is 0.332 e. The van der Waals surface area contributed by atoms with Crippen LogP contribution < -0.4 is 21.7 Å². The molecule has 1 saturated heterocycles. The quantitative estimate of drug-likeness (QED) is 0.130. The number of primary amides is 1. The number of fused-ring (bicyclic) bond motifs is 1. The number of Topliss-reactive ketones (excluding diaryl/α,β-unsaturated/α-hetero) is 1. The topological polar surface area (TPSA) is 177 Å². The largest absolute Gasteiger partial charge is 0.459 e. The van der Waals surface area contributed by atoms with Crippen LogP contribution in [0.15, 0.2) is 54.6 Å². The Morgan fingerprint density at radius 3 is 2.02 bits per heavy atom. The Bertz CT molecular complexity index is 1560. The van der Waals surface area contributed by atoms with E-state index < -0.39 is 46.7 Å². The van der Waals surface area contributed by atoms with Gasteiger partial charge in [0.05, 0.1) is 18.1 Å². The number of amides is 4. The molecule has 0 spiro atoms. The Labute approximate surface area is 320 Å². The summed E-state index contributed by atoms with van der Waals surface area (Å²) in [4.78, 5) is 75.1. The average Bonchev–Trinajstić information content (AvgIpc) is 3.71. The zero-order valence-electron chi connectivity index (χ0n) is 33.1. The second-order valence-corrected chi connectivity index (χ2v) is 15.6. The third-order valence-electron chi connectivity index (χ3n) is 10.6. The highest BCUT2D eigenvalue weighted by Crippen LogP contribution is 2.33. The molecule has 3 unspecified atom stereocenters. The molecule has 296 valence electrons. The Hall–Kier alpha value is -4.58. The molecular weight excluding hydrogens is 686 g/mol. The maximum absolute atomic E-state index is 13.2. The van der Waals surface area contributed by atoms with Gasteiger partial charge in [-0.1, -0.05) is 122 Å². The van der Waals surface area contributed by atoms with Gasteiger partial charge in [0.1, 0.15) is 18.4 Å². The summed E-state index contributed by atoms with van der Waals surface area (Å²) in [6.07, 6.45) is 7.03. The molecule has 0 aromatic heterocycles. The molecule has 1 heterocycles. The van der Waals surface area contributed by atoms with Gasteiger partial charge in [0.25, 0.3) is 5.91 Å². The molecule has 2 aliphatic carbocycles. The fraction of sp³-hybridized carbons (Fsp3) is 0.571. The molecule has 1 aliphatic heterocycles. The highest BCUT2D eigenvalue weighted by Gasteiger charge is 2.47. The van der Waals surface area contributed by atoms with Gasteiger partial charge in [-0.15, -0.1) is 0 Å². The van der Waals surface area contributed by atoms with Crippen LogP contribution in [0.4, 0.5) is 4.79 Å². The first-order valence-corrected chi connectivity index (χ1v) is 19.3. The van der Waals surface area contributed by atoms with Crippen LogP contribution in [0.2, 0.25) is 0 Å². The first kappa shape index (κ1) is 43.8. The molecule has 2 aromatic rings. The smallest absolute Gasteiger partial charge is 0.332 e. The molecule has 0 radical (unpaired) electrons. The third kappa shape index (κ3) is 12.0. The molecule has 0 bridgehead atoms. The van der Waals surface area contributed by atoms with E-state index in [2.05, 4.69) is 22.9 Å². The second kappa shape index (κ2) is 20.2. The zero-order chi connectivity index (χ0) is 40.1. The number of ketones is 1. The second-order valence-electron chi connectivity index (χ2n) is 15.6. The first-order valence-electron chi connectivity index (χ1n) is 19.3. The van der Waals surface area contributed by atoms with Crippen LogP contribution >= 0.6 is 0 Å². The number of likely N-dealkylation sites (tertiary alicyclic amines) is 1. The average molecular weight is 748 g/mol. The first-order chi connectivity index (χ1) is 25.7. The fourth-order valence-corrected chi connectivity index (χ4v) is 7.05. The highest BCUT2D eigenvalue weighted by atomic mass is 16.5. The lowest BCUT2D eigenvalue weighted by atomic mass is 9.80. The van der Waals surface area contributed by atoms with Crippen molar-refractivity contribution in [1.29, 1.82) is 0 Å². The Morgan fingerprint density at radius 2 is 1.54 bits per heavy atom. The predicted octanol–water partition coefficient (Wildman–Crippen LogP) is 4.65. The van der Waals surface area contributed by atoms with E-state index in [-0.39, 0.29) is 18.6 Å². The van der Waals surface area contributed by atoms with Gasteiger partial charge in [-0.25, -0.2) is 9.59 Å². The maximum atomic E-state index is 13.2. The molecule has 5 rings (SSSR count). The van der Waals surface area contributed by atoms with E-state index in [0.717, 1.165) is 55.3 Å². The zero-order valence-corrected chi connectivity index (χ0v) is 33.1. The number of benzene rings is 2. The number of hydrogen-bond acceptors (Lipinski definition) is 8. The summed E-state index contributed by atoms with van der Waals surface area (Å²) >= 11 is 0. The molecule has 4 atom stereocenters. The number of likely N-dealkylation sites (N-methyl/N-ethyl adjacent to an activating group) is 1. The van der Waals surface area contributed by atoms with E-state index >= 15 is 0 Å². The van der Waals surface area contributed by atoms with Crippen LogP contribution in [0.3, 0.4) is 0 Å². The lowest BCUT2D eigenvalue weighted by molar-refractivity contribution is -0.152. The van der Waals surface area contributed by atoms with Crippen molar-refractivity contribution in [3.05, 3.63) is 71.3 Å². The van der Waals surface area contributed by atoms with E-state index in [1.165, 1.54) is 0 Å². The number of carbonyl (C=O) groups is 6. The standard InChI is InChI=1S/C24H28N2O4.C16H27N3O3.C2H6/c1-23(2,3)20(15-27)25-22(29)26-24(13-18-11-7-8-12-19(18)14-24)21(28)30-16-17-9-5-4-6-10-17;1-3-10-8-13(19(2)9-10)16(22)18-12(14(20)15(17)21)7-11-5-4-6-11;1-2/h4-12,15,20H,13-14,16H2,1-3H3,(H2,25,26,29);10-13H,3-9H2,1-2H3,(H2,17,21)(H,18,22);1-2H3/t;10-,12?,13?;/m.1./s1. The normalized spacial score (nSPS) is 19.8. The van der Waals surface area contributed by atoms with Gasteiger partial charge in [-0.3, -0.25) is 19.3 Å². The van der Waals surface area contributed by atoms with Crippen LogP contribution in [-0.2, 0) is 48.2 Å². The van der Waals surface area contributed by atoms with Crippen LogP contribution in [-0.4, -0.2) is 78.0 Å². The van der Waals surface area contributed by atoms with Gasteiger partial charge in [-0.05, 0) is 53.8 Å². The molecule has 3 aliphatic rings. The third-order valence-corrected chi connectivity index (χ3v) is 10.6. The van der Waals surface area contributed by atoms with Gasteiger partial charge in [0.2, 0.25) is 11.7 Å². The Balaban J connectivity index is 0.000000290. The number of aldehydes is 1. The Kier molecular flexibility index (Phi) is 16.4. The van der Waals surface area contributed by atoms with Crippen LogP contribution in [0, 0.1) is 17.3 Å². The fourth-order valence-electron chi connectivity index (χ4n) is 7.05. The van der Waals surface area contributed by atoms with E-state index in [9.17, 15) is 28.8 Å². The minimum Gasteiger partial charge on any atom is -0.459 e. The number of esters is 1. The number of nitrogens with two attached hydrogens (primary N) is 1. The van der Waals surface area contributed by atoms with Crippen molar-refractivity contribution >= 4 is 35.9 Å². The minimum absolute atomic E-state index is 0.125. The summed E-state index contributed by atoms with van der Waals surface area (Å²) in [5.41, 5.74) is 6.33. The predicted molar refractivity (Wildman–Crippen MR) is 208 cm³/mol. The van der Waals surface area contributed by atoms with Crippen molar-refractivity contribution < 1.29 is 33.5 Å². The number of urea groups is 1. The van der Waals surface area contributed by atoms with Crippen LogP contribution in [0.5, 0.6) is 0 Å². The summed E-state index contributed by atoms with van der Waals surface area (Å²) in [7, 11) is 1.93. The monoisotopic (exact) mass is 747 g/mol. The van der Waals surface area contributed by atoms with Crippen LogP contribution in [0.1, 0.15) is 96.8 Å². The van der Waals surface area contributed by atoms with Gasteiger partial charge in [0.15, 0.2) is 0 Å². The van der Waals surface area contributed by atoms with Crippen LogP contribution in [0.25, 0.3) is 0 Å². The molecule has 2 fully saturated rings. The molecule has 4 amide bonds. The van der Waals surface area contributed by atoms with Crippen molar-refractivity contribution in [3.63, 3.8) is 0 Å².